The van der Waals surface area contributed by atoms with Crippen molar-refractivity contribution in [2.75, 3.05) is 7.11 Å². The predicted octanol–water partition coefficient (Wildman–Crippen LogP) is 1.04. The van der Waals surface area contributed by atoms with Crippen molar-refractivity contribution in [3.63, 3.8) is 0 Å². The van der Waals surface area contributed by atoms with Crippen molar-refractivity contribution in [1.82, 2.24) is 0 Å². The van der Waals surface area contributed by atoms with Gasteiger partial charge in [0.15, 0.2) is 0 Å². The summed E-state index contributed by atoms with van der Waals surface area (Å²) in [5.41, 5.74) is 1.05. The third kappa shape index (κ3) is 2.83. The Hall–Kier alpha value is -1.84. The molecule has 0 atom stereocenters. The summed E-state index contributed by atoms with van der Waals surface area (Å²) in [5, 5.41) is 23.8. The molecule has 0 radical (unpaired) electrons. The first-order valence-electron chi connectivity index (χ1n) is 3.22. The number of rotatable bonds is 0. The Labute approximate surface area is 71.1 Å². The highest BCUT2D eigenvalue weighted by Crippen LogP contribution is 2.01. The van der Waals surface area contributed by atoms with E-state index in [0.29, 0.717) is 11.1 Å². The van der Waals surface area contributed by atoms with Gasteiger partial charge in [0, 0.05) is 7.11 Å². The van der Waals surface area contributed by atoms with E-state index >= 15 is 0 Å². The van der Waals surface area contributed by atoms with Crippen LogP contribution in [0.2, 0.25) is 0 Å². The summed E-state index contributed by atoms with van der Waals surface area (Å²) in [6.45, 7) is 0. The van der Waals surface area contributed by atoms with Crippen molar-refractivity contribution >= 4 is 0 Å². The van der Waals surface area contributed by atoms with Crippen LogP contribution in [0.1, 0.15) is 11.1 Å². The summed E-state index contributed by atoms with van der Waals surface area (Å²) in [7, 11) is 1.00. The Morgan fingerprint density at radius 3 is 1.83 bits per heavy atom. The molecule has 0 spiro atoms. The fourth-order valence-electron chi connectivity index (χ4n) is 0.658. The van der Waals surface area contributed by atoms with E-state index in [2.05, 4.69) is 0 Å². The maximum Gasteiger partial charge on any atom is 0.0992 e. The van der Waals surface area contributed by atoms with Gasteiger partial charge in [-0.1, -0.05) is 6.07 Å². The number of benzene rings is 1. The number of nitriles is 2. The van der Waals surface area contributed by atoms with Crippen LogP contribution in [-0.2, 0) is 0 Å². The van der Waals surface area contributed by atoms with Crippen LogP contribution in [0.25, 0.3) is 0 Å². The molecule has 0 saturated carbocycles. The minimum Gasteiger partial charge on any atom is -0.400 e. The van der Waals surface area contributed by atoms with Crippen LogP contribution < -0.4 is 0 Å². The fourth-order valence-corrected chi connectivity index (χ4v) is 0.658. The summed E-state index contributed by atoms with van der Waals surface area (Å²) in [5.74, 6) is 0. The Bertz CT molecular complexity index is 291. The number of aliphatic hydroxyl groups is 1. The van der Waals surface area contributed by atoms with Crippen molar-refractivity contribution in [1.29, 1.82) is 10.5 Å². The molecule has 0 saturated heterocycles. The van der Waals surface area contributed by atoms with Crippen molar-refractivity contribution < 1.29 is 5.11 Å². The molecule has 3 heteroatoms. The Kier molecular flexibility index (Phi) is 5.00. The van der Waals surface area contributed by atoms with E-state index in [4.69, 9.17) is 15.6 Å². The van der Waals surface area contributed by atoms with Gasteiger partial charge in [-0.3, -0.25) is 0 Å². The smallest absolute Gasteiger partial charge is 0.0992 e. The van der Waals surface area contributed by atoms with Gasteiger partial charge < -0.3 is 5.11 Å². The van der Waals surface area contributed by atoms with E-state index in [-0.39, 0.29) is 0 Å². The monoisotopic (exact) mass is 160 g/mol. The number of hydrogen-bond donors (Lipinski definition) is 1. The van der Waals surface area contributed by atoms with Crippen molar-refractivity contribution in [2.24, 2.45) is 0 Å². The molecule has 0 aliphatic rings. The van der Waals surface area contributed by atoms with Crippen LogP contribution in [0.5, 0.6) is 0 Å². The molecule has 0 unspecified atom stereocenters. The molecule has 12 heavy (non-hydrogen) atoms. The van der Waals surface area contributed by atoms with E-state index in [1.165, 1.54) is 0 Å². The lowest BCUT2D eigenvalue weighted by atomic mass is 10.2. The second-order valence-corrected chi connectivity index (χ2v) is 1.80. The van der Waals surface area contributed by atoms with Gasteiger partial charge in [0.05, 0.1) is 23.3 Å². The molecule has 1 N–H and O–H groups in total. The fraction of sp³-hybridized carbons (Fsp3) is 0.111. The summed E-state index contributed by atoms with van der Waals surface area (Å²) in [6.07, 6.45) is 0. The van der Waals surface area contributed by atoms with E-state index < -0.39 is 0 Å². The van der Waals surface area contributed by atoms with Gasteiger partial charge in [-0.2, -0.15) is 10.5 Å². The average Bonchev–Trinajstić information content (AvgIpc) is 2.21. The van der Waals surface area contributed by atoms with E-state index in [1.54, 1.807) is 24.3 Å². The maximum atomic E-state index is 8.40. The third-order valence-corrected chi connectivity index (χ3v) is 1.12. The lowest BCUT2D eigenvalue weighted by molar-refractivity contribution is 0.399. The number of nitrogens with zero attached hydrogens (tertiary/aromatic N) is 2. The Morgan fingerprint density at radius 2 is 1.50 bits per heavy atom. The third-order valence-electron chi connectivity index (χ3n) is 1.12. The molecule has 3 nitrogen and oxygen atoms in total. The summed E-state index contributed by atoms with van der Waals surface area (Å²) < 4.78 is 0. The highest BCUT2D eigenvalue weighted by Gasteiger charge is 1.90. The van der Waals surface area contributed by atoms with Gasteiger partial charge in [0.2, 0.25) is 0 Å². The zero-order valence-electron chi connectivity index (χ0n) is 6.65. The normalized spacial score (nSPS) is 7.00. The topological polar surface area (TPSA) is 67.8 Å². The molecule has 1 rings (SSSR count). The minimum absolute atomic E-state index is 0.527. The Balaban J connectivity index is 0.000000561. The summed E-state index contributed by atoms with van der Waals surface area (Å²) >= 11 is 0. The van der Waals surface area contributed by atoms with Gasteiger partial charge in [-0.15, -0.1) is 0 Å². The summed E-state index contributed by atoms with van der Waals surface area (Å²) in [6, 6.07) is 10.5. The van der Waals surface area contributed by atoms with Crippen LogP contribution in [0.15, 0.2) is 24.3 Å². The van der Waals surface area contributed by atoms with Gasteiger partial charge in [0.1, 0.15) is 0 Å². The lowest BCUT2D eigenvalue weighted by Crippen LogP contribution is -1.75. The van der Waals surface area contributed by atoms with E-state index in [0.717, 1.165) is 7.11 Å². The molecule has 0 heterocycles. The second kappa shape index (κ2) is 5.91. The molecule has 0 fully saturated rings. The van der Waals surface area contributed by atoms with E-state index in [9.17, 15) is 0 Å². The first-order chi connectivity index (χ1) is 5.86. The highest BCUT2D eigenvalue weighted by molar-refractivity contribution is 5.38. The van der Waals surface area contributed by atoms with Gasteiger partial charge >= 0.3 is 0 Å². The molecule has 0 bridgehead atoms. The molecule has 0 aromatic heterocycles. The van der Waals surface area contributed by atoms with Gasteiger partial charge in [-0.25, -0.2) is 0 Å². The second-order valence-electron chi connectivity index (χ2n) is 1.80. The first kappa shape index (κ1) is 10.2. The maximum absolute atomic E-state index is 8.40. The van der Waals surface area contributed by atoms with Crippen LogP contribution in [0.4, 0.5) is 0 Å². The van der Waals surface area contributed by atoms with Crippen molar-refractivity contribution in [3.05, 3.63) is 35.4 Å². The molecular formula is C9H8N2O. The molecule has 60 valence electrons. The molecule has 0 amide bonds. The number of aliphatic hydroxyl groups excluding tert-OH is 1. The summed E-state index contributed by atoms with van der Waals surface area (Å²) in [4.78, 5) is 0. The molecular weight excluding hydrogens is 152 g/mol. The van der Waals surface area contributed by atoms with Crippen LogP contribution in [-0.4, -0.2) is 12.2 Å². The minimum atomic E-state index is 0.527. The quantitative estimate of drug-likeness (QED) is 0.616. The zero-order valence-corrected chi connectivity index (χ0v) is 6.65. The van der Waals surface area contributed by atoms with Crippen LogP contribution >= 0.6 is 0 Å². The number of hydrogen-bond acceptors (Lipinski definition) is 3. The SMILES string of the molecule is CO.N#Cc1cccc(C#N)c1. The van der Waals surface area contributed by atoms with E-state index in [1.807, 2.05) is 12.1 Å². The van der Waals surface area contributed by atoms with Gasteiger partial charge in [0.25, 0.3) is 0 Å². The predicted molar refractivity (Wildman–Crippen MR) is 44.0 cm³/mol. The van der Waals surface area contributed by atoms with Crippen molar-refractivity contribution in [3.8, 4) is 12.1 Å². The lowest BCUT2D eigenvalue weighted by Gasteiger charge is -1.86. The van der Waals surface area contributed by atoms with Gasteiger partial charge in [-0.05, 0) is 18.2 Å². The van der Waals surface area contributed by atoms with Crippen LogP contribution in [0, 0.1) is 22.7 Å². The Morgan fingerprint density at radius 1 is 1.08 bits per heavy atom. The first-order valence-corrected chi connectivity index (χ1v) is 3.22. The highest BCUT2D eigenvalue weighted by atomic mass is 16.2. The van der Waals surface area contributed by atoms with Crippen LogP contribution in [0.3, 0.4) is 0 Å². The molecule has 0 aliphatic carbocycles. The molecule has 1 aromatic rings. The average molecular weight is 160 g/mol. The largest absolute Gasteiger partial charge is 0.400 e. The molecule has 0 aliphatic heterocycles. The standard InChI is InChI=1S/C8H4N2.CH4O/c9-5-7-2-1-3-8(4-7)6-10;1-2/h1-4H;2H,1H3. The zero-order chi connectivity index (χ0) is 9.40. The molecule has 1 aromatic carbocycles. The van der Waals surface area contributed by atoms with Crippen molar-refractivity contribution in [2.45, 2.75) is 0 Å².